The first kappa shape index (κ1) is 23.3. The molecule has 1 fully saturated rings. The van der Waals surface area contributed by atoms with Crippen molar-refractivity contribution >= 4 is 17.7 Å². The van der Waals surface area contributed by atoms with E-state index in [0.717, 1.165) is 61.8 Å². The molecule has 160 valence electrons. The third-order valence-corrected chi connectivity index (χ3v) is 6.54. The van der Waals surface area contributed by atoms with Crippen molar-refractivity contribution in [1.82, 2.24) is 9.80 Å². The molecule has 0 amide bonds. The summed E-state index contributed by atoms with van der Waals surface area (Å²) in [6.45, 7) is 13.3. The largest absolute Gasteiger partial charge is 0.478 e. The number of aliphatic carboxylic acids is 1. The van der Waals surface area contributed by atoms with Gasteiger partial charge < -0.3 is 14.7 Å². The molecule has 0 aliphatic carbocycles. The lowest BCUT2D eigenvalue weighted by atomic mass is 9.90. The number of ether oxygens (including phenoxy) is 1. The van der Waals surface area contributed by atoms with E-state index in [0.29, 0.717) is 11.6 Å². The number of thioether (sulfide) groups is 1. The van der Waals surface area contributed by atoms with Crippen molar-refractivity contribution in [1.29, 1.82) is 0 Å². The molecule has 2 unspecified atom stereocenters. The summed E-state index contributed by atoms with van der Waals surface area (Å²) in [4.78, 5) is 16.7. The van der Waals surface area contributed by atoms with Gasteiger partial charge >= 0.3 is 5.97 Å². The summed E-state index contributed by atoms with van der Waals surface area (Å²) in [5.74, 6) is 0.0330. The van der Waals surface area contributed by atoms with Crippen LogP contribution in [-0.2, 0) is 9.53 Å². The Bertz CT molecular complexity index is 603. The van der Waals surface area contributed by atoms with E-state index >= 15 is 0 Å². The zero-order valence-electron chi connectivity index (χ0n) is 18.5. The number of carbonyl (C=O) groups is 1. The van der Waals surface area contributed by atoms with Crippen LogP contribution in [0.1, 0.15) is 60.3 Å². The first-order chi connectivity index (χ1) is 13.2. The zero-order valence-corrected chi connectivity index (χ0v) is 19.3. The van der Waals surface area contributed by atoms with Gasteiger partial charge in [-0.1, -0.05) is 27.7 Å². The molecule has 0 aromatic carbocycles. The van der Waals surface area contributed by atoms with Crippen molar-refractivity contribution < 1.29 is 14.6 Å². The van der Waals surface area contributed by atoms with Crippen LogP contribution in [0.4, 0.5) is 0 Å². The van der Waals surface area contributed by atoms with Gasteiger partial charge in [0.05, 0.1) is 17.2 Å². The molecule has 0 bridgehead atoms. The average Bonchev–Trinajstić information content (AvgIpc) is 2.62. The van der Waals surface area contributed by atoms with E-state index in [1.54, 1.807) is 11.8 Å². The molecule has 2 aliphatic rings. The van der Waals surface area contributed by atoms with E-state index in [4.69, 9.17) is 4.74 Å². The molecule has 1 N–H and O–H groups in total. The lowest BCUT2D eigenvalue weighted by Crippen LogP contribution is -2.53. The maximum atomic E-state index is 12.0. The van der Waals surface area contributed by atoms with Gasteiger partial charge in [-0.25, -0.2) is 4.79 Å². The minimum atomic E-state index is -0.826. The maximum Gasteiger partial charge on any atom is 0.338 e. The van der Waals surface area contributed by atoms with Crippen LogP contribution in [0.3, 0.4) is 0 Å². The summed E-state index contributed by atoms with van der Waals surface area (Å²) < 4.78 is 5.72. The Morgan fingerprint density at radius 2 is 2.14 bits per heavy atom. The Morgan fingerprint density at radius 1 is 1.43 bits per heavy atom. The molecule has 6 heteroatoms. The van der Waals surface area contributed by atoms with Crippen molar-refractivity contribution in [3.8, 4) is 0 Å². The highest BCUT2D eigenvalue weighted by Gasteiger charge is 2.35. The molecule has 28 heavy (non-hydrogen) atoms. The molecule has 2 heterocycles. The van der Waals surface area contributed by atoms with E-state index in [1.165, 1.54) is 0 Å². The Kier molecular flexibility index (Phi) is 8.46. The fourth-order valence-corrected chi connectivity index (χ4v) is 5.02. The Hall–Kier alpha value is -0.980. The van der Waals surface area contributed by atoms with Crippen molar-refractivity contribution in [3.63, 3.8) is 0 Å². The molecule has 0 spiro atoms. The lowest BCUT2D eigenvalue weighted by Gasteiger charge is -2.45. The summed E-state index contributed by atoms with van der Waals surface area (Å²) in [6.07, 6.45) is 6.57. The highest BCUT2D eigenvalue weighted by atomic mass is 32.2. The number of rotatable bonds is 8. The Labute approximate surface area is 175 Å². The normalized spacial score (nSPS) is 24.0. The van der Waals surface area contributed by atoms with Gasteiger partial charge in [0.2, 0.25) is 0 Å². The molecule has 0 aromatic heterocycles. The third kappa shape index (κ3) is 6.01. The first-order valence-corrected chi connectivity index (χ1v) is 11.5. The van der Waals surface area contributed by atoms with Crippen molar-refractivity contribution in [2.75, 3.05) is 32.6 Å². The van der Waals surface area contributed by atoms with Crippen LogP contribution in [0.25, 0.3) is 0 Å². The van der Waals surface area contributed by atoms with Gasteiger partial charge in [-0.15, -0.1) is 11.8 Å². The van der Waals surface area contributed by atoms with Crippen LogP contribution in [0.5, 0.6) is 0 Å². The van der Waals surface area contributed by atoms with Crippen molar-refractivity contribution in [2.24, 2.45) is 5.41 Å². The van der Waals surface area contributed by atoms with Gasteiger partial charge in [0.15, 0.2) is 0 Å². The number of carboxylic acid groups (broad SMARTS) is 1. The Morgan fingerprint density at radius 3 is 2.68 bits per heavy atom. The van der Waals surface area contributed by atoms with Crippen LogP contribution in [-0.4, -0.2) is 65.6 Å². The van der Waals surface area contributed by atoms with Crippen molar-refractivity contribution in [3.05, 3.63) is 22.3 Å². The molecule has 5 nitrogen and oxygen atoms in total. The molecule has 0 aromatic rings. The van der Waals surface area contributed by atoms with Gasteiger partial charge in [-0.3, -0.25) is 4.90 Å². The van der Waals surface area contributed by atoms with E-state index in [-0.39, 0.29) is 11.6 Å². The van der Waals surface area contributed by atoms with Gasteiger partial charge in [0, 0.05) is 19.2 Å². The second-order valence-electron chi connectivity index (χ2n) is 9.08. The summed E-state index contributed by atoms with van der Waals surface area (Å²) in [5, 5.41) is 10.8. The maximum absolute atomic E-state index is 12.0. The number of hydrogen-bond acceptors (Lipinski definition) is 5. The minimum absolute atomic E-state index is 0.0730. The molecule has 2 aliphatic heterocycles. The standard InChI is InChI=1S/C22H38N2O3S/c1-7-28-20-19(21(25)26)16(2)14-18(23(6)17-10-8-13-27-15-17)24(20)12-9-11-22(3,4)5/h14,17-18H,7-13,15H2,1-6H3,(H,25,26). The monoisotopic (exact) mass is 410 g/mol. The second-order valence-corrected chi connectivity index (χ2v) is 10.3. The van der Waals surface area contributed by atoms with Crippen LogP contribution < -0.4 is 0 Å². The summed E-state index contributed by atoms with van der Waals surface area (Å²) in [6, 6.07) is 0.368. The zero-order chi connectivity index (χ0) is 20.9. The van der Waals surface area contributed by atoms with Gasteiger partial charge in [0.1, 0.15) is 6.17 Å². The van der Waals surface area contributed by atoms with E-state index in [2.05, 4.69) is 50.6 Å². The van der Waals surface area contributed by atoms with Crippen molar-refractivity contribution in [2.45, 2.75) is 72.5 Å². The fourth-order valence-electron chi connectivity index (χ4n) is 3.99. The van der Waals surface area contributed by atoms with Crippen LogP contribution in [0.15, 0.2) is 22.3 Å². The molecular weight excluding hydrogens is 372 g/mol. The molecule has 0 saturated carbocycles. The molecular formula is C22H38N2O3S. The molecule has 2 rings (SSSR count). The average molecular weight is 411 g/mol. The highest BCUT2D eigenvalue weighted by molar-refractivity contribution is 8.03. The number of likely N-dealkylation sites (N-methyl/N-ethyl adjacent to an activating group) is 1. The number of nitrogens with zero attached hydrogens (tertiary/aromatic N) is 2. The number of hydrogen-bond donors (Lipinski definition) is 1. The van der Waals surface area contributed by atoms with Crippen LogP contribution in [0, 0.1) is 5.41 Å². The topological polar surface area (TPSA) is 53.0 Å². The number of carboxylic acids is 1. The lowest BCUT2D eigenvalue weighted by molar-refractivity contribution is -0.132. The smallest absolute Gasteiger partial charge is 0.338 e. The molecule has 1 saturated heterocycles. The quantitative estimate of drug-likeness (QED) is 0.633. The minimum Gasteiger partial charge on any atom is -0.478 e. The fraction of sp³-hybridized carbons (Fsp3) is 0.773. The van der Waals surface area contributed by atoms with E-state index in [1.807, 2.05) is 6.92 Å². The first-order valence-electron chi connectivity index (χ1n) is 10.5. The summed E-state index contributed by atoms with van der Waals surface area (Å²) in [5.41, 5.74) is 1.61. The predicted molar refractivity (Wildman–Crippen MR) is 117 cm³/mol. The second kappa shape index (κ2) is 10.2. The van der Waals surface area contributed by atoms with E-state index < -0.39 is 5.97 Å². The summed E-state index contributed by atoms with van der Waals surface area (Å²) in [7, 11) is 2.16. The summed E-state index contributed by atoms with van der Waals surface area (Å²) >= 11 is 1.65. The molecule has 0 radical (unpaired) electrons. The van der Waals surface area contributed by atoms with Crippen LogP contribution >= 0.6 is 11.8 Å². The van der Waals surface area contributed by atoms with Gasteiger partial charge in [-0.05, 0) is 62.5 Å². The van der Waals surface area contributed by atoms with Crippen LogP contribution in [0.2, 0.25) is 0 Å². The SMILES string of the molecule is CCSC1=C(C(=O)O)C(C)=CC(N(C)C2CCCOC2)N1CCCC(C)(C)C. The van der Waals surface area contributed by atoms with E-state index in [9.17, 15) is 9.90 Å². The highest BCUT2D eigenvalue weighted by Crippen LogP contribution is 2.37. The van der Waals surface area contributed by atoms with Gasteiger partial charge in [-0.2, -0.15) is 0 Å². The van der Waals surface area contributed by atoms with Gasteiger partial charge in [0.25, 0.3) is 0 Å². The predicted octanol–water partition coefficient (Wildman–Crippen LogP) is 4.56. The Balaban J connectivity index is 2.33. The molecule has 2 atom stereocenters. The third-order valence-electron chi connectivity index (χ3n) is 5.54.